The van der Waals surface area contributed by atoms with Crippen LogP contribution >= 0.6 is 23.2 Å². The third-order valence-corrected chi connectivity index (χ3v) is 8.12. The second-order valence-corrected chi connectivity index (χ2v) is 11.9. The maximum atomic E-state index is 15.0. The fourth-order valence-corrected chi connectivity index (χ4v) is 5.19. The van der Waals surface area contributed by atoms with Crippen LogP contribution in [-0.2, 0) is 29.4 Å². The molecule has 254 valence electrons. The molecule has 0 aromatic heterocycles. The number of nitro groups is 1. The summed E-state index contributed by atoms with van der Waals surface area (Å²) in [5.74, 6) is -2.20. The maximum Gasteiger partial charge on any atom is 0.416 e. The number of benzene rings is 2. The molecule has 2 aliphatic heterocycles. The minimum atomic E-state index is -2.18. The number of anilines is 2. The van der Waals surface area contributed by atoms with Crippen molar-refractivity contribution >= 4 is 64.3 Å². The monoisotopic (exact) mass is 699 g/mol. The van der Waals surface area contributed by atoms with Gasteiger partial charge in [0.1, 0.15) is 24.1 Å². The number of ether oxygens (including phenoxy) is 3. The van der Waals surface area contributed by atoms with E-state index in [0.717, 1.165) is 19.1 Å². The van der Waals surface area contributed by atoms with Crippen molar-refractivity contribution in [2.75, 3.05) is 55.8 Å². The van der Waals surface area contributed by atoms with E-state index in [1.165, 1.54) is 30.0 Å². The van der Waals surface area contributed by atoms with Crippen LogP contribution < -0.4 is 15.1 Å². The minimum Gasteiger partial charge on any atom is -0.446 e. The van der Waals surface area contributed by atoms with Gasteiger partial charge < -0.3 is 29.5 Å². The Kier molecular flexibility index (Phi) is 11.4. The predicted molar refractivity (Wildman–Crippen MR) is 166 cm³/mol. The third kappa shape index (κ3) is 8.38. The number of halogens is 3. The van der Waals surface area contributed by atoms with E-state index >= 15 is 0 Å². The van der Waals surface area contributed by atoms with Crippen LogP contribution in [0.25, 0.3) is 0 Å². The summed E-state index contributed by atoms with van der Waals surface area (Å²) < 4.78 is 31.0. The average molecular weight is 701 g/mol. The van der Waals surface area contributed by atoms with Crippen LogP contribution in [0.3, 0.4) is 0 Å². The van der Waals surface area contributed by atoms with Gasteiger partial charge in [-0.3, -0.25) is 24.6 Å². The van der Waals surface area contributed by atoms with E-state index in [0.29, 0.717) is 36.9 Å². The van der Waals surface area contributed by atoms with Gasteiger partial charge in [-0.25, -0.2) is 18.9 Å². The molecule has 2 fully saturated rings. The Bertz CT molecular complexity index is 1510. The van der Waals surface area contributed by atoms with E-state index in [9.17, 15) is 38.8 Å². The fourth-order valence-electron chi connectivity index (χ4n) is 5.06. The highest BCUT2D eigenvalue weighted by Gasteiger charge is 2.41. The second-order valence-electron chi connectivity index (χ2n) is 10.8. The Hall–Kier alpha value is -4.25. The van der Waals surface area contributed by atoms with Crippen molar-refractivity contribution in [3.05, 3.63) is 64.0 Å². The molecular formula is C29H32Cl2FN5O10. The van der Waals surface area contributed by atoms with E-state index in [2.05, 4.69) is 5.32 Å². The summed E-state index contributed by atoms with van der Waals surface area (Å²) in [4.78, 5) is 63.1. The molecule has 3 atom stereocenters. The summed E-state index contributed by atoms with van der Waals surface area (Å²) in [5, 5.41) is 25.1. The summed E-state index contributed by atoms with van der Waals surface area (Å²) in [6, 6.07) is 7.71. The number of nitrogens with zero attached hydrogens (tertiary/aromatic N) is 4. The fraction of sp³-hybridized carbons (Fsp3) is 0.448. The lowest BCUT2D eigenvalue weighted by molar-refractivity contribution is -0.384. The molecule has 4 amide bonds. The van der Waals surface area contributed by atoms with Gasteiger partial charge in [-0.05, 0) is 42.8 Å². The SMILES string of the molecule is CC(=O)N(C[C@H]1CN(c2ccc(N3CCOCC3)c(F)c2)C(=O)O1)C(=O)OC[C@@](O)(c1ccc([N+](=O)[O-])cc1)[C@@H](C)NC(=O)C(Cl)Cl. The lowest BCUT2D eigenvalue weighted by Gasteiger charge is -2.35. The van der Waals surface area contributed by atoms with Crippen molar-refractivity contribution in [2.24, 2.45) is 0 Å². The van der Waals surface area contributed by atoms with Crippen molar-refractivity contribution in [1.29, 1.82) is 0 Å². The molecule has 4 rings (SSSR count). The zero-order chi connectivity index (χ0) is 34.5. The molecule has 2 heterocycles. The number of morpholine rings is 1. The molecule has 2 N–H and O–H groups in total. The molecule has 0 unspecified atom stereocenters. The number of nitrogens with one attached hydrogen (secondary N) is 1. The largest absolute Gasteiger partial charge is 0.446 e. The highest BCUT2D eigenvalue weighted by atomic mass is 35.5. The smallest absolute Gasteiger partial charge is 0.416 e. The van der Waals surface area contributed by atoms with Crippen molar-refractivity contribution in [1.82, 2.24) is 10.2 Å². The number of non-ortho nitro benzene ring substituents is 1. The van der Waals surface area contributed by atoms with Gasteiger partial charge in [-0.2, -0.15) is 0 Å². The van der Waals surface area contributed by atoms with Crippen molar-refractivity contribution in [3.8, 4) is 0 Å². The summed E-state index contributed by atoms with van der Waals surface area (Å²) >= 11 is 11.2. The third-order valence-electron chi connectivity index (χ3n) is 7.72. The zero-order valence-corrected chi connectivity index (χ0v) is 26.8. The summed E-state index contributed by atoms with van der Waals surface area (Å²) in [5.41, 5.74) is -1.88. The molecule has 0 radical (unpaired) electrons. The molecule has 18 heteroatoms. The van der Waals surface area contributed by atoms with Gasteiger partial charge in [0.2, 0.25) is 5.91 Å². The zero-order valence-electron chi connectivity index (χ0n) is 25.3. The van der Waals surface area contributed by atoms with E-state index in [-0.39, 0.29) is 23.5 Å². The number of carbonyl (C=O) groups is 4. The number of rotatable bonds is 11. The van der Waals surface area contributed by atoms with Crippen LogP contribution in [-0.4, -0.2) is 102 Å². The number of hydrogen-bond donors (Lipinski definition) is 2. The van der Waals surface area contributed by atoms with Crippen LogP contribution in [0, 0.1) is 15.9 Å². The Labute approximate surface area is 278 Å². The molecule has 0 bridgehead atoms. The van der Waals surface area contributed by atoms with Gasteiger partial charge in [-0.1, -0.05) is 23.2 Å². The van der Waals surface area contributed by atoms with Crippen LogP contribution in [0.2, 0.25) is 0 Å². The van der Waals surface area contributed by atoms with Gasteiger partial charge in [0.05, 0.1) is 48.6 Å². The molecule has 47 heavy (non-hydrogen) atoms. The van der Waals surface area contributed by atoms with Gasteiger partial charge in [-0.15, -0.1) is 0 Å². The van der Waals surface area contributed by atoms with Crippen molar-refractivity contribution in [3.63, 3.8) is 0 Å². The first kappa shape index (κ1) is 35.6. The molecule has 2 aromatic rings. The van der Waals surface area contributed by atoms with Gasteiger partial charge in [0.15, 0.2) is 4.84 Å². The summed E-state index contributed by atoms with van der Waals surface area (Å²) in [6.07, 6.45) is -3.06. The highest BCUT2D eigenvalue weighted by molar-refractivity contribution is 6.53. The quantitative estimate of drug-likeness (QED) is 0.200. The maximum absolute atomic E-state index is 15.0. The number of hydrogen-bond acceptors (Lipinski definition) is 11. The average Bonchev–Trinajstić information content (AvgIpc) is 3.42. The molecule has 0 aliphatic carbocycles. The number of nitro benzene ring substituents is 1. The normalized spacial score (nSPS) is 18.3. The summed E-state index contributed by atoms with van der Waals surface area (Å²) in [7, 11) is 0. The standard InChI is InChI=1S/C29H32Cl2FN5O10/c1-17(33-26(39)25(30)31)29(42,19-3-5-20(6-4-19)37(43)44)16-46-27(40)35(18(2)38)14-22-15-36(28(41)47-22)21-7-8-24(23(32)13-21)34-9-11-45-12-10-34/h3-8,13,17,22,25,42H,9-12,14-16H2,1-2H3,(H,33,39)/t17-,22+,29+/m1/s1. The molecule has 2 aliphatic rings. The van der Waals surface area contributed by atoms with Crippen molar-refractivity contribution < 1.29 is 47.8 Å². The molecule has 0 saturated carbocycles. The number of alkyl halides is 2. The minimum absolute atomic E-state index is 0.0194. The van der Waals surface area contributed by atoms with E-state index in [1.807, 2.05) is 4.90 Å². The topological polar surface area (TPSA) is 181 Å². The van der Waals surface area contributed by atoms with Crippen LogP contribution in [0.5, 0.6) is 0 Å². The van der Waals surface area contributed by atoms with E-state index < -0.39 is 70.5 Å². The molecular weight excluding hydrogens is 668 g/mol. The molecule has 15 nitrogen and oxygen atoms in total. The Balaban J connectivity index is 1.46. The Morgan fingerprint density at radius 3 is 2.45 bits per heavy atom. The first-order chi connectivity index (χ1) is 22.2. The number of aliphatic hydroxyl groups is 1. The predicted octanol–water partition coefficient (Wildman–Crippen LogP) is 3.08. The van der Waals surface area contributed by atoms with Crippen molar-refractivity contribution in [2.45, 2.75) is 36.4 Å². The Morgan fingerprint density at radius 2 is 1.87 bits per heavy atom. The molecule has 2 saturated heterocycles. The van der Waals surface area contributed by atoms with Crippen LogP contribution in [0.15, 0.2) is 42.5 Å². The number of cyclic esters (lactones) is 1. The van der Waals surface area contributed by atoms with Crippen LogP contribution in [0.4, 0.5) is 31.0 Å². The number of imide groups is 1. The second kappa shape index (κ2) is 15.1. The lowest BCUT2D eigenvalue weighted by Crippen LogP contribution is -2.53. The summed E-state index contributed by atoms with van der Waals surface area (Å²) in [6.45, 7) is 2.98. The lowest BCUT2D eigenvalue weighted by atomic mass is 9.87. The molecule has 2 aromatic carbocycles. The van der Waals surface area contributed by atoms with Crippen LogP contribution in [0.1, 0.15) is 19.4 Å². The van der Waals surface area contributed by atoms with E-state index in [1.54, 1.807) is 12.1 Å². The number of carbonyl (C=O) groups excluding carboxylic acids is 4. The molecule has 0 spiro atoms. The highest BCUT2D eigenvalue weighted by Crippen LogP contribution is 2.30. The van der Waals surface area contributed by atoms with Gasteiger partial charge in [0, 0.05) is 32.1 Å². The Morgan fingerprint density at radius 1 is 1.21 bits per heavy atom. The van der Waals surface area contributed by atoms with Gasteiger partial charge >= 0.3 is 12.2 Å². The first-order valence-electron chi connectivity index (χ1n) is 14.3. The van der Waals surface area contributed by atoms with Gasteiger partial charge in [0.25, 0.3) is 11.6 Å². The first-order valence-corrected chi connectivity index (χ1v) is 15.2. The number of amides is 4. The van der Waals surface area contributed by atoms with E-state index in [4.69, 9.17) is 37.4 Å².